The molecule has 0 saturated heterocycles. The molecule has 3 rings (SSSR count). The van der Waals surface area contributed by atoms with E-state index in [4.69, 9.17) is 0 Å². The van der Waals surface area contributed by atoms with Crippen molar-refractivity contribution in [3.8, 4) is 0 Å². The van der Waals surface area contributed by atoms with Gasteiger partial charge in [-0.2, -0.15) is 0 Å². The molecule has 0 atom stereocenters. The molecule has 0 bridgehead atoms. The smallest absolute Gasteiger partial charge is 0.256 e. The minimum atomic E-state index is -0.457. The van der Waals surface area contributed by atoms with Gasteiger partial charge in [0, 0.05) is 11.3 Å². The molecule has 25 heavy (non-hydrogen) atoms. The van der Waals surface area contributed by atoms with Crippen LogP contribution in [-0.2, 0) is 5.75 Å². The van der Waals surface area contributed by atoms with E-state index in [9.17, 15) is 9.18 Å². The summed E-state index contributed by atoms with van der Waals surface area (Å²) in [6.45, 7) is 2.08. The van der Waals surface area contributed by atoms with Crippen LogP contribution in [0.15, 0.2) is 65.7 Å². The molecule has 0 aliphatic carbocycles. The number of aromatic nitrogens is 2. The number of hydrogen-bond donors (Lipinski definition) is 1. The third kappa shape index (κ3) is 4.64. The summed E-state index contributed by atoms with van der Waals surface area (Å²) in [6.07, 6.45) is 0. The molecule has 126 valence electrons. The predicted molar refractivity (Wildman–Crippen MR) is 97.1 cm³/mol. The van der Waals surface area contributed by atoms with E-state index in [0.29, 0.717) is 5.82 Å². The van der Waals surface area contributed by atoms with Gasteiger partial charge in [-0.15, -0.1) is 10.2 Å². The van der Waals surface area contributed by atoms with Crippen LogP contribution in [0.25, 0.3) is 0 Å². The van der Waals surface area contributed by atoms with Crippen LogP contribution in [0.1, 0.15) is 21.5 Å². The molecule has 1 aromatic heterocycles. The second kappa shape index (κ2) is 7.90. The van der Waals surface area contributed by atoms with Gasteiger partial charge >= 0.3 is 0 Å². The fraction of sp³-hybridized carbons (Fsp3) is 0.105. The first-order chi connectivity index (χ1) is 12.1. The lowest BCUT2D eigenvalue weighted by atomic mass is 10.1. The topological polar surface area (TPSA) is 54.9 Å². The van der Waals surface area contributed by atoms with Crippen molar-refractivity contribution in [1.82, 2.24) is 10.2 Å². The van der Waals surface area contributed by atoms with Crippen molar-refractivity contribution in [3.05, 3.63) is 83.2 Å². The number of nitrogens with zero attached hydrogens (tertiary/aromatic N) is 2. The van der Waals surface area contributed by atoms with E-state index >= 15 is 0 Å². The van der Waals surface area contributed by atoms with Crippen molar-refractivity contribution in [2.24, 2.45) is 0 Å². The molecule has 2 aromatic carbocycles. The molecule has 0 saturated carbocycles. The molecule has 1 amide bonds. The summed E-state index contributed by atoms with van der Waals surface area (Å²) in [5, 5.41) is 11.5. The van der Waals surface area contributed by atoms with Crippen molar-refractivity contribution in [1.29, 1.82) is 0 Å². The van der Waals surface area contributed by atoms with Crippen LogP contribution in [0.4, 0.5) is 10.2 Å². The molecule has 1 N–H and O–H groups in total. The highest BCUT2D eigenvalue weighted by Crippen LogP contribution is 2.22. The summed E-state index contributed by atoms with van der Waals surface area (Å²) in [5.41, 5.74) is 2.72. The largest absolute Gasteiger partial charge is 0.305 e. The van der Waals surface area contributed by atoms with Crippen molar-refractivity contribution >= 4 is 23.5 Å². The molecule has 1 heterocycles. The minimum Gasteiger partial charge on any atom is -0.305 e. The maximum atomic E-state index is 13.2. The Morgan fingerprint density at radius 1 is 1.08 bits per heavy atom. The normalized spacial score (nSPS) is 10.5. The monoisotopic (exact) mass is 353 g/mol. The van der Waals surface area contributed by atoms with Gasteiger partial charge in [-0.05, 0) is 48.4 Å². The number of rotatable bonds is 5. The van der Waals surface area contributed by atoms with Crippen LogP contribution in [0.3, 0.4) is 0 Å². The predicted octanol–water partition coefficient (Wildman–Crippen LogP) is 4.47. The van der Waals surface area contributed by atoms with E-state index < -0.39 is 11.7 Å². The average molecular weight is 353 g/mol. The molecular weight excluding hydrogens is 337 g/mol. The lowest BCUT2D eigenvalue weighted by Gasteiger charge is -2.06. The Balaban J connectivity index is 1.60. The van der Waals surface area contributed by atoms with Crippen LogP contribution < -0.4 is 5.32 Å². The van der Waals surface area contributed by atoms with E-state index in [1.807, 2.05) is 12.1 Å². The fourth-order valence-electron chi connectivity index (χ4n) is 2.21. The summed E-state index contributed by atoms with van der Waals surface area (Å²) >= 11 is 1.58. The molecular formula is C19H16FN3OS. The average Bonchev–Trinajstić information content (AvgIpc) is 2.62. The Kier molecular flexibility index (Phi) is 5.40. The van der Waals surface area contributed by atoms with Gasteiger partial charge in [0.15, 0.2) is 5.82 Å². The summed E-state index contributed by atoms with van der Waals surface area (Å²) in [5.74, 6) is 0.251. The van der Waals surface area contributed by atoms with Gasteiger partial charge in [-0.3, -0.25) is 4.79 Å². The number of carbonyl (C=O) groups excluding carboxylic acids is 1. The standard InChI is InChI=1S/C19H16FN3OS/c1-13-5-2-3-6-15(13)12-25-18-10-9-17(22-23-18)21-19(24)14-7-4-8-16(20)11-14/h2-11H,12H2,1H3,(H,21,22,24). The van der Waals surface area contributed by atoms with E-state index in [-0.39, 0.29) is 5.56 Å². The number of anilines is 1. The summed E-state index contributed by atoms with van der Waals surface area (Å²) < 4.78 is 13.2. The molecule has 0 fully saturated rings. The zero-order chi connectivity index (χ0) is 17.6. The first kappa shape index (κ1) is 17.1. The molecule has 0 radical (unpaired) electrons. The Bertz CT molecular complexity index is 884. The highest BCUT2D eigenvalue weighted by molar-refractivity contribution is 7.98. The van der Waals surface area contributed by atoms with Crippen LogP contribution in [0.5, 0.6) is 0 Å². The highest BCUT2D eigenvalue weighted by atomic mass is 32.2. The number of amides is 1. The number of nitrogens with one attached hydrogen (secondary N) is 1. The number of aryl methyl sites for hydroxylation is 1. The van der Waals surface area contributed by atoms with E-state index in [1.165, 1.54) is 35.4 Å². The molecule has 6 heteroatoms. The first-order valence-electron chi connectivity index (χ1n) is 7.70. The Morgan fingerprint density at radius 3 is 2.64 bits per heavy atom. The number of halogens is 1. The zero-order valence-electron chi connectivity index (χ0n) is 13.6. The molecule has 4 nitrogen and oxygen atoms in total. The maximum Gasteiger partial charge on any atom is 0.256 e. The number of benzene rings is 2. The van der Waals surface area contributed by atoms with E-state index in [1.54, 1.807) is 23.9 Å². The zero-order valence-corrected chi connectivity index (χ0v) is 14.4. The third-order valence-corrected chi connectivity index (χ3v) is 4.57. The third-order valence-electron chi connectivity index (χ3n) is 3.61. The maximum absolute atomic E-state index is 13.2. The van der Waals surface area contributed by atoms with Crippen LogP contribution in [0, 0.1) is 12.7 Å². The molecule has 0 unspecified atom stereocenters. The van der Waals surface area contributed by atoms with Crippen molar-refractivity contribution in [2.45, 2.75) is 17.7 Å². The van der Waals surface area contributed by atoms with E-state index in [0.717, 1.165) is 10.8 Å². The van der Waals surface area contributed by atoms with Crippen LogP contribution in [-0.4, -0.2) is 16.1 Å². The fourth-order valence-corrected chi connectivity index (χ4v) is 3.10. The van der Waals surface area contributed by atoms with Gasteiger partial charge in [0.25, 0.3) is 5.91 Å². The quantitative estimate of drug-likeness (QED) is 0.688. The van der Waals surface area contributed by atoms with Crippen molar-refractivity contribution in [2.75, 3.05) is 5.32 Å². The highest BCUT2D eigenvalue weighted by Gasteiger charge is 2.08. The number of thioether (sulfide) groups is 1. The summed E-state index contributed by atoms with van der Waals surface area (Å²) in [4.78, 5) is 12.0. The molecule has 3 aromatic rings. The SMILES string of the molecule is Cc1ccccc1CSc1ccc(NC(=O)c2cccc(F)c2)nn1. The van der Waals surface area contributed by atoms with Gasteiger partial charge in [-0.25, -0.2) is 4.39 Å². The second-order valence-electron chi connectivity index (χ2n) is 5.44. The first-order valence-corrected chi connectivity index (χ1v) is 8.68. The molecule has 0 aliphatic rings. The van der Waals surface area contributed by atoms with Crippen molar-refractivity contribution < 1.29 is 9.18 Å². The lowest BCUT2D eigenvalue weighted by Crippen LogP contribution is -2.13. The van der Waals surface area contributed by atoms with Gasteiger partial charge < -0.3 is 5.32 Å². The molecule has 0 aliphatic heterocycles. The second-order valence-corrected chi connectivity index (χ2v) is 6.43. The Morgan fingerprint density at radius 2 is 1.92 bits per heavy atom. The van der Waals surface area contributed by atoms with Gasteiger partial charge in [0.1, 0.15) is 10.8 Å². The Labute approximate surface area is 149 Å². The number of carbonyl (C=O) groups is 1. The van der Waals surface area contributed by atoms with Crippen molar-refractivity contribution in [3.63, 3.8) is 0 Å². The van der Waals surface area contributed by atoms with Gasteiger partial charge in [0.05, 0.1) is 0 Å². The molecule has 0 spiro atoms. The summed E-state index contributed by atoms with van der Waals surface area (Å²) in [6, 6.07) is 17.2. The Hall–Kier alpha value is -2.73. The van der Waals surface area contributed by atoms with Gasteiger partial charge in [-0.1, -0.05) is 42.1 Å². The van der Waals surface area contributed by atoms with Crippen LogP contribution >= 0.6 is 11.8 Å². The van der Waals surface area contributed by atoms with Gasteiger partial charge in [0.2, 0.25) is 0 Å². The minimum absolute atomic E-state index is 0.236. The lowest BCUT2D eigenvalue weighted by molar-refractivity contribution is 0.102. The van der Waals surface area contributed by atoms with Crippen LogP contribution in [0.2, 0.25) is 0 Å². The number of hydrogen-bond acceptors (Lipinski definition) is 4. The summed E-state index contributed by atoms with van der Waals surface area (Å²) in [7, 11) is 0. The van der Waals surface area contributed by atoms with E-state index in [2.05, 4.69) is 34.6 Å².